The smallest absolute Gasteiger partial charge is 0.322 e. The lowest BCUT2D eigenvalue weighted by molar-refractivity contribution is 0.251. The number of carbonyl (C=O) groups is 1. The van der Waals surface area contributed by atoms with Gasteiger partial charge in [0.2, 0.25) is 0 Å². The van der Waals surface area contributed by atoms with Crippen LogP contribution in [0.4, 0.5) is 14.9 Å². The molecule has 1 aliphatic rings. The third-order valence-corrected chi connectivity index (χ3v) is 4.46. The molecular weight excluding hydrogens is 335 g/mol. The van der Waals surface area contributed by atoms with Crippen LogP contribution in [0.1, 0.15) is 24.9 Å². The van der Waals surface area contributed by atoms with E-state index in [1.165, 1.54) is 6.07 Å². The Bertz CT molecular complexity index is 956. The number of ether oxygens (including phenoxy) is 1. The number of benzene rings is 2. The van der Waals surface area contributed by atoms with Gasteiger partial charge in [0.1, 0.15) is 11.6 Å². The minimum absolute atomic E-state index is 0.254. The molecule has 0 bridgehead atoms. The molecule has 26 heavy (non-hydrogen) atoms. The Morgan fingerprint density at radius 3 is 3.00 bits per heavy atom. The van der Waals surface area contributed by atoms with Crippen LogP contribution in [-0.4, -0.2) is 29.2 Å². The highest BCUT2D eigenvalue weighted by atomic mass is 19.1. The lowest BCUT2D eigenvalue weighted by atomic mass is 10.0. The molecule has 0 saturated carbocycles. The lowest BCUT2D eigenvalue weighted by Crippen LogP contribution is -2.30. The second-order valence-electron chi connectivity index (χ2n) is 6.21. The van der Waals surface area contributed by atoms with E-state index in [4.69, 9.17) is 4.74 Å². The van der Waals surface area contributed by atoms with Crippen molar-refractivity contribution in [3.05, 3.63) is 54.1 Å². The first-order valence-corrected chi connectivity index (χ1v) is 8.60. The van der Waals surface area contributed by atoms with E-state index in [0.717, 1.165) is 17.5 Å². The van der Waals surface area contributed by atoms with Crippen LogP contribution in [0.25, 0.3) is 11.0 Å². The van der Waals surface area contributed by atoms with Gasteiger partial charge in [0, 0.05) is 23.9 Å². The minimum Gasteiger partial charge on any atom is -0.494 e. The number of aromatic amines is 1. The maximum Gasteiger partial charge on any atom is 0.322 e. The molecule has 0 spiro atoms. The fourth-order valence-corrected chi connectivity index (χ4v) is 3.21. The molecule has 1 saturated heterocycles. The topological polar surface area (TPSA) is 70.2 Å². The number of nitrogens with one attached hydrogen (secondary N) is 2. The van der Waals surface area contributed by atoms with Gasteiger partial charge in [0.15, 0.2) is 0 Å². The SMILES string of the molecule is CCCOc1ccc(C2CNC(=O)N2c2ccc3[nH]cnc3c2)c(F)c1. The van der Waals surface area contributed by atoms with Gasteiger partial charge in [-0.1, -0.05) is 13.0 Å². The summed E-state index contributed by atoms with van der Waals surface area (Å²) in [4.78, 5) is 21.2. The van der Waals surface area contributed by atoms with Crippen molar-refractivity contribution in [1.29, 1.82) is 0 Å². The predicted octanol–water partition coefficient (Wildman–Crippen LogP) is 3.76. The fourth-order valence-electron chi connectivity index (χ4n) is 3.21. The van der Waals surface area contributed by atoms with Gasteiger partial charge >= 0.3 is 6.03 Å². The van der Waals surface area contributed by atoms with Gasteiger partial charge in [0.05, 0.1) is 30.0 Å². The normalized spacial score (nSPS) is 16.9. The zero-order valence-electron chi connectivity index (χ0n) is 14.3. The minimum atomic E-state index is -0.431. The molecule has 2 heterocycles. The molecule has 1 atom stereocenters. The molecule has 1 fully saturated rings. The Morgan fingerprint density at radius 2 is 2.19 bits per heavy atom. The Kier molecular flexibility index (Phi) is 4.20. The van der Waals surface area contributed by atoms with Gasteiger partial charge in [-0.2, -0.15) is 0 Å². The number of hydrogen-bond acceptors (Lipinski definition) is 3. The third-order valence-electron chi connectivity index (χ3n) is 4.46. The van der Waals surface area contributed by atoms with Crippen LogP contribution >= 0.6 is 0 Å². The van der Waals surface area contributed by atoms with Crippen LogP contribution in [0.15, 0.2) is 42.7 Å². The molecule has 3 aromatic rings. The molecule has 134 valence electrons. The average Bonchev–Trinajstić information content (AvgIpc) is 3.25. The van der Waals surface area contributed by atoms with E-state index in [1.807, 2.05) is 25.1 Å². The lowest BCUT2D eigenvalue weighted by Gasteiger charge is -2.24. The van der Waals surface area contributed by atoms with Crippen LogP contribution in [-0.2, 0) is 0 Å². The van der Waals surface area contributed by atoms with E-state index in [-0.39, 0.29) is 11.8 Å². The Morgan fingerprint density at radius 1 is 1.31 bits per heavy atom. The van der Waals surface area contributed by atoms with Crippen LogP contribution in [0.2, 0.25) is 0 Å². The number of H-pyrrole nitrogens is 1. The summed E-state index contributed by atoms with van der Waals surface area (Å²) >= 11 is 0. The first-order chi connectivity index (χ1) is 12.7. The van der Waals surface area contributed by atoms with Gasteiger partial charge in [-0.25, -0.2) is 14.2 Å². The molecule has 2 aromatic carbocycles. The first kappa shape index (κ1) is 16.4. The number of amides is 2. The second-order valence-corrected chi connectivity index (χ2v) is 6.21. The number of aromatic nitrogens is 2. The Hall–Kier alpha value is -3.09. The molecule has 1 aliphatic heterocycles. The summed E-state index contributed by atoms with van der Waals surface area (Å²) in [6.45, 7) is 2.87. The third kappa shape index (κ3) is 2.85. The summed E-state index contributed by atoms with van der Waals surface area (Å²) < 4.78 is 20.2. The number of anilines is 1. The molecule has 1 unspecified atom stereocenters. The van der Waals surface area contributed by atoms with Gasteiger partial charge in [-0.05, 0) is 30.7 Å². The summed E-state index contributed by atoms with van der Waals surface area (Å²) in [5.41, 5.74) is 2.77. The van der Waals surface area contributed by atoms with Crippen molar-refractivity contribution in [2.75, 3.05) is 18.1 Å². The highest BCUT2D eigenvalue weighted by Crippen LogP contribution is 2.34. The van der Waals surface area contributed by atoms with Crippen LogP contribution in [0.3, 0.4) is 0 Å². The molecule has 0 aliphatic carbocycles. The van der Waals surface area contributed by atoms with E-state index >= 15 is 0 Å². The van der Waals surface area contributed by atoms with Crippen molar-refractivity contribution in [3.8, 4) is 5.75 Å². The highest BCUT2D eigenvalue weighted by molar-refractivity contribution is 5.97. The molecule has 1 aromatic heterocycles. The van der Waals surface area contributed by atoms with Crippen LogP contribution in [0, 0.1) is 5.82 Å². The number of urea groups is 1. The molecule has 0 radical (unpaired) electrons. The number of halogens is 1. The second kappa shape index (κ2) is 6.67. The number of rotatable bonds is 5. The van der Waals surface area contributed by atoms with E-state index in [9.17, 15) is 9.18 Å². The van der Waals surface area contributed by atoms with Crippen molar-refractivity contribution in [1.82, 2.24) is 15.3 Å². The zero-order chi connectivity index (χ0) is 18.1. The fraction of sp³-hybridized carbons (Fsp3) is 0.263. The first-order valence-electron chi connectivity index (χ1n) is 8.60. The van der Waals surface area contributed by atoms with Gasteiger partial charge in [-0.3, -0.25) is 4.90 Å². The zero-order valence-corrected chi connectivity index (χ0v) is 14.3. The monoisotopic (exact) mass is 354 g/mol. The van der Waals surface area contributed by atoms with Gasteiger partial charge in [-0.15, -0.1) is 0 Å². The number of fused-ring (bicyclic) bond motifs is 1. The maximum atomic E-state index is 14.7. The maximum absolute atomic E-state index is 14.7. The molecule has 2 amide bonds. The van der Waals surface area contributed by atoms with Gasteiger partial charge < -0.3 is 15.0 Å². The number of nitrogens with zero attached hydrogens (tertiary/aromatic N) is 2. The Labute approximate surface area is 150 Å². The summed E-state index contributed by atoms with van der Waals surface area (Å²) in [5, 5.41) is 2.80. The van der Waals surface area contributed by atoms with Crippen molar-refractivity contribution in [2.24, 2.45) is 0 Å². The van der Waals surface area contributed by atoms with Gasteiger partial charge in [0.25, 0.3) is 0 Å². The van der Waals surface area contributed by atoms with E-state index in [1.54, 1.807) is 23.4 Å². The van der Waals surface area contributed by atoms with Crippen molar-refractivity contribution in [3.63, 3.8) is 0 Å². The quantitative estimate of drug-likeness (QED) is 0.733. The molecule has 7 heteroatoms. The standard InChI is InChI=1S/C19H19FN4O2/c1-2-7-26-13-4-5-14(15(20)9-13)18-10-21-19(25)24(18)12-3-6-16-17(8-12)23-11-22-16/h3-6,8-9,11,18H,2,7,10H2,1H3,(H,21,25)(H,22,23). The van der Waals surface area contributed by atoms with E-state index < -0.39 is 6.04 Å². The summed E-state index contributed by atoms with van der Waals surface area (Å²) in [5.74, 6) is 0.112. The molecule has 4 rings (SSSR count). The summed E-state index contributed by atoms with van der Waals surface area (Å²) in [6.07, 6.45) is 2.46. The van der Waals surface area contributed by atoms with E-state index in [0.29, 0.717) is 30.2 Å². The van der Waals surface area contributed by atoms with Crippen molar-refractivity contribution in [2.45, 2.75) is 19.4 Å². The number of hydrogen-bond donors (Lipinski definition) is 2. The predicted molar refractivity (Wildman–Crippen MR) is 96.9 cm³/mol. The molecular formula is C19H19FN4O2. The average molecular weight is 354 g/mol. The van der Waals surface area contributed by atoms with E-state index in [2.05, 4.69) is 15.3 Å². The molecule has 6 nitrogen and oxygen atoms in total. The summed E-state index contributed by atoms with van der Waals surface area (Å²) in [6, 6.07) is 9.63. The van der Waals surface area contributed by atoms with Crippen LogP contribution < -0.4 is 15.0 Å². The highest BCUT2D eigenvalue weighted by Gasteiger charge is 2.35. The summed E-state index contributed by atoms with van der Waals surface area (Å²) in [7, 11) is 0. The molecule has 2 N–H and O–H groups in total. The van der Waals surface area contributed by atoms with Crippen molar-refractivity contribution < 1.29 is 13.9 Å². The largest absolute Gasteiger partial charge is 0.494 e. The number of imidazole rings is 1. The number of carbonyl (C=O) groups excluding carboxylic acids is 1. The van der Waals surface area contributed by atoms with Crippen molar-refractivity contribution >= 4 is 22.8 Å². The Balaban J connectivity index is 1.67. The van der Waals surface area contributed by atoms with Crippen LogP contribution in [0.5, 0.6) is 5.75 Å².